The summed E-state index contributed by atoms with van der Waals surface area (Å²) >= 11 is 0. The Morgan fingerprint density at radius 1 is 0.810 bits per heavy atom. The summed E-state index contributed by atoms with van der Waals surface area (Å²) in [5.41, 5.74) is 12.8. The normalized spacial score (nSPS) is 12.1. The van der Waals surface area contributed by atoms with Gasteiger partial charge >= 0.3 is 24.3 Å². The number of rotatable bonds is 4. The third kappa shape index (κ3) is 8.51. The van der Waals surface area contributed by atoms with Crippen molar-refractivity contribution >= 4 is 33.9 Å². The van der Waals surface area contributed by atoms with Gasteiger partial charge in [0, 0.05) is 11.6 Å². The van der Waals surface area contributed by atoms with Gasteiger partial charge in [-0.1, -0.05) is 54.6 Å². The molecular weight excluding hydrogens is 570 g/mol. The van der Waals surface area contributed by atoms with Crippen LogP contribution in [0.3, 0.4) is 0 Å². The van der Waals surface area contributed by atoms with Gasteiger partial charge in [0.2, 0.25) is 0 Å². The summed E-state index contributed by atoms with van der Waals surface area (Å²) < 4.78 is 63.5. The molecule has 0 aliphatic rings. The Balaban J connectivity index is 0.000000289. The number of aliphatic carboxylic acids is 2. The van der Waals surface area contributed by atoms with Crippen LogP contribution in [0.5, 0.6) is 0 Å². The Hall–Kier alpha value is -4.98. The Kier molecular flexibility index (Phi) is 9.86. The van der Waals surface area contributed by atoms with Crippen LogP contribution in [0.2, 0.25) is 0 Å². The van der Waals surface area contributed by atoms with Crippen LogP contribution in [-0.4, -0.2) is 49.5 Å². The first-order chi connectivity index (χ1) is 19.7. The van der Waals surface area contributed by atoms with Crippen molar-refractivity contribution in [2.45, 2.75) is 24.8 Å². The maximum Gasteiger partial charge on any atom is 0.490 e. The van der Waals surface area contributed by atoms with Gasteiger partial charge < -0.3 is 20.9 Å². The number of benzene rings is 3. The molecule has 2 aromatic heterocycles. The molecule has 220 valence electrons. The molecule has 5 rings (SSSR count). The number of alkyl halides is 6. The standard InChI is InChI=1S/C24H20N4.2C2HF3O2/c25-20(14-16-6-2-1-3-7-16)24-27-22-11-10-17(15-23(22)28-24)18-12-13-26-21-9-5-4-8-19(18)21;2*3-2(4,5)1(6)7/h1-13,15,20H,14,25H2,(H,27,28);2*(H,6,7). The number of carboxylic acid groups (broad SMARTS) is 2. The van der Waals surface area contributed by atoms with Crippen molar-refractivity contribution in [3.8, 4) is 11.1 Å². The number of para-hydroxylation sites is 1. The Morgan fingerprint density at radius 2 is 1.38 bits per heavy atom. The number of nitrogens with zero attached hydrogens (tertiary/aromatic N) is 2. The number of imidazole rings is 1. The smallest absolute Gasteiger partial charge is 0.475 e. The minimum atomic E-state index is -5.08. The summed E-state index contributed by atoms with van der Waals surface area (Å²) in [5.74, 6) is -4.70. The van der Waals surface area contributed by atoms with E-state index in [0.717, 1.165) is 45.3 Å². The predicted octanol–water partition coefficient (Wildman–Crippen LogP) is 6.29. The molecule has 5 N–H and O–H groups in total. The highest BCUT2D eigenvalue weighted by atomic mass is 19.4. The number of hydrogen-bond acceptors (Lipinski definition) is 5. The molecule has 1 unspecified atom stereocenters. The van der Waals surface area contributed by atoms with E-state index in [2.05, 4.69) is 52.4 Å². The van der Waals surface area contributed by atoms with Crippen molar-refractivity contribution in [3.63, 3.8) is 0 Å². The van der Waals surface area contributed by atoms with Gasteiger partial charge in [0.05, 0.1) is 22.6 Å². The highest BCUT2D eigenvalue weighted by Crippen LogP contribution is 2.30. The van der Waals surface area contributed by atoms with Crippen LogP contribution in [0.4, 0.5) is 26.3 Å². The van der Waals surface area contributed by atoms with Crippen LogP contribution in [0.1, 0.15) is 17.4 Å². The second kappa shape index (κ2) is 13.1. The molecular formula is C28H22F6N4O4. The first-order valence-electron chi connectivity index (χ1n) is 11.9. The van der Waals surface area contributed by atoms with Crippen LogP contribution in [0, 0.1) is 0 Å². The molecule has 5 aromatic rings. The molecule has 1 atom stereocenters. The molecule has 0 aliphatic heterocycles. The van der Waals surface area contributed by atoms with Crippen molar-refractivity contribution in [1.29, 1.82) is 0 Å². The maximum atomic E-state index is 10.6. The molecule has 0 spiro atoms. The van der Waals surface area contributed by atoms with E-state index in [0.29, 0.717) is 0 Å². The number of aromatic amines is 1. The van der Waals surface area contributed by atoms with E-state index < -0.39 is 24.3 Å². The fourth-order valence-electron chi connectivity index (χ4n) is 3.68. The molecule has 0 fully saturated rings. The lowest BCUT2D eigenvalue weighted by Gasteiger charge is -2.08. The highest BCUT2D eigenvalue weighted by Gasteiger charge is 2.38. The molecule has 8 nitrogen and oxygen atoms in total. The fourth-order valence-corrected chi connectivity index (χ4v) is 3.68. The molecule has 14 heteroatoms. The van der Waals surface area contributed by atoms with Gasteiger partial charge in [-0.3, -0.25) is 4.98 Å². The third-order valence-electron chi connectivity index (χ3n) is 5.59. The third-order valence-corrected chi connectivity index (χ3v) is 5.59. The van der Waals surface area contributed by atoms with Crippen LogP contribution in [-0.2, 0) is 16.0 Å². The van der Waals surface area contributed by atoms with Crippen molar-refractivity contribution in [2.75, 3.05) is 0 Å². The second-order valence-corrected chi connectivity index (χ2v) is 8.63. The highest BCUT2D eigenvalue weighted by molar-refractivity contribution is 5.96. The quantitative estimate of drug-likeness (QED) is 0.180. The summed E-state index contributed by atoms with van der Waals surface area (Å²) in [6.07, 6.45) is -7.56. The van der Waals surface area contributed by atoms with Gasteiger partial charge in [-0.05, 0) is 47.4 Å². The zero-order valence-corrected chi connectivity index (χ0v) is 21.3. The molecule has 0 radical (unpaired) electrons. The first kappa shape index (κ1) is 31.5. The number of nitrogens with one attached hydrogen (secondary N) is 1. The fraction of sp³-hybridized carbons (Fsp3) is 0.143. The number of halogens is 6. The molecule has 3 aromatic carbocycles. The summed E-state index contributed by atoms with van der Waals surface area (Å²) in [6, 6.07) is 26.7. The number of fused-ring (bicyclic) bond motifs is 2. The van der Waals surface area contributed by atoms with E-state index in [-0.39, 0.29) is 6.04 Å². The van der Waals surface area contributed by atoms with E-state index in [1.54, 1.807) is 0 Å². The lowest BCUT2D eigenvalue weighted by molar-refractivity contribution is -0.193. The van der Waals surface area contributed by atoms with Crippen LogP contribution in [0.15, 0.2) is 85.1 Å². The molecule has 42 heavy (non-hydrogen) atoms. The maximum absolute atomic E-state index is 10.6. The predicted molar refractivity (Wildman–Crippen MR) is 141 cm³/mol. The Morgan fingerprint density at radius 3 is 1.98 bits per heavy atom. The summed E-state index contributed by atoms with van der Waals surface area (Å²) in [5, 5.41) is 15.4. The monoisotopic (exact) mass is 592 g/mol. The van der Waals surface area contributed by atoms with Gasteiger partial charge in [0.25, 0.3) is 0 Å². The zero-order chi connectivity index (χ0) is 31.1. The Labute approximate surface area is 233 Å². The van der Waals surface area contributed by atoms with Gasteiger partial charge in [-0.25, -0.2) is 14.6 Å². The molecule has 0 aliphatic carbocycles. The van der Waals surface area contributed by atoms with Crippen LogP contribution >= 0.6 is 0 Å². The lowest BCUT2D eigenvalue weighted by atomic mass is 10.0. The van der Waals surface area contributed by atoms with Crippen molar-refractivity contribution < 1.29 is 46.1 Å². The topological polar surface area (TPSA) is 142 Å². The van der Waals surface area contributed by atoms with Crippen LogP contribution in [0.25, 0.3) is 33.1 Å². The van der Waals surface area contributed by atoms with E-state index in [9.17, 15) is 26.3 Å². The van der Waals surface area contributed by atoms with Crippen molar-refractivity contribution in [3.05, 3.63) is 96.4 Å². The van der Waals surface area contributed by atoms with E-state index >= 15 is 0 Å². The molecule has 0 amide bonds. The van der Waals surface area contributed by atoms with Crippen molar-refractivity contribution in [2.24, 2.45) is 5.73 Å². The van der Waals surface area contributed by atoms with Crippen molar-refractivity contribution in [1.82, 2.24) is 15.0 Å². The summed E-state index contributed by atoms with van der Waals surface area (Å²) in [4.78, 5) is 30.4. The lowest BCUT2D eigenvalue weighted by Crippen LogP contribution is -2.21. The summed E-state index contributed by atoms with van der Waals surface area (Å²) in [7, 11) is 0. The molecule has 2 heterocycles. The average molecular weight is 592 g/mol. The molecule has 0 bridgehead atoms. The molecule has 0 saturated carbocycles. The van der Waals surface area contributed by atoms with Crippen LogP contribution < -0.4 is 5.73 Å². The van der Waals surface area contributed by atoms with Gasteiger partial charge in [-0.2, -0.15) is 26.3 Å². The van der Waals surface area contributed by atoms with E-state index in [1.165, 1.54) is 5.56 Å². The van der Waals surface area contributed by atoms with Gasteiger partial charge in [0.15, 0.2) is 0 Å². The van der Waals surface area contributed by atoms with E-state index in [4.69, 9.17) is 30.5 Å². The van der Waals surface area contributed by atoms with Gasteiger partial charge in [0.1, 0.15) is 5.82 Å². The largest absolute Gasteiger partial charge is 0.490 e. The number of nitrogens with two attached hydrogens (primary N) is 1. The number of pyridine rings is 1. The minimum Gasteiger partial charge on any atom is -0.475 e. The molecule has 0 saturated heterocycles. The Bertz CT molecular complexity index is 1640. The summed E-state index contributed by atoms with van der Waals surface area (Å²) in [6.45, 7) is 0. The number of H-pyrrole nitrogens is 1. The SMILES string of the molecule is NC(Cc1ccccc1)c1nc2ccc(-c3ccnc4ccccc34)cc2[nH]1.O=C(O)C(F)(F)F.O=C(O)C(F)(F)F. The zero-order valence-electron chi connectivity index (χ0n) is 21.3. The first-order valence-corrected chi connectivity index (χ1v) is 11.9. The minimum absolute atomic E-state index is 0.167. The number of carboxylic acids is 2. The average Bonchev–Trinajstić information content (AvgIpc) is 3.37. The second-order valence-electron chi connectivity index (χ2n) is 8.63. The number of hydrogen-bond donors (Lipinski definition) is 4. The number of aromatic nitrogens is 3. The van der Waals surface area contributed by atoms with E-state index in [1.807, 2.05) is 42.6 Å². The number of carbonyl (C=O) groups is 2. The van der Waals surface area contributed by atoms with Gasteiger partial charge in [-0.15, -0.1) is 0 Å².